The van der Waals surface area contributed by atoms with Gasteiger partial charge in [-0.15, -0.1) is 0 Å². The molecule has 0 aromatic heterocycles. The highest BCUT2D eigenvalue weighted by molar-refractivity contribution is 9.10. The van der Waals surface area contributed by atoms with Gasteiger partial charge in [-0.1, -0.05) is 46.3 Å². The molecule has 3 heteroatoms. The van der Waals surface area contributed by atoms with Crippen LogP contribution in [-0.2, 0) is 4.79 Å². The summed E-state index contributed by atoms with van der Waals surface area (Å²) in [6.45, 7) is 3.52. The van der Waals surface area contributed by atoms with Crippen LogP contribution in [0.5, 0.6) is 5.75 Å². The molecule has 0 atom stereocenters. The van der Waals surface area contributed by atoms with E-state index in [-0.39, 0.29) is 5.97 Å². The van der Waals surface area contributed by atoms with Crippen LogP contribution in [0.4, 0.5) is 0 Å². The van der Waals surface area contributed by atoms with E-state index in [2.05, 4.69) is 15.9 Å². The van der Waals surface area contributed by atoms with E-state index in [9.17, 15) is 4.79 Å². The summed E-state index contributed by atoms with van der Waals surface area (Å²) in [5, 5.41) is 2.19. The number of fused-ring (bicyclic) bond motifs is 1. The SMILES string of the molecule is CC(C)(Br)C(=O)Oc1ccc2ccccc2c1. The number of carbonyl (C=O) groups is 1. The first-order valence-electron chi connectivity index (χ1n) is 5.37. The van der Waals surface area contributed by atoms with Crippen molar-refractivity contribution in [3.8, 4) is 5.75 Å². The molecule has 2 nitrogen and oxygen atoms in total. The first-order chi connectivity index (χ1) is 7.97. The molecule has 0 spiro atoms. The molecule has 2 rings (SSSR count). The molecule has 0 aliphatic carbocycles. The molecule has 17 heavy (non-hydrogen) atoms. The third kappa shape index (κ3) is 2.86. The van der Waals surface area contributed by atoms with Crippen molar-refractivity contribution in [1.82, 2.24) is 0 Å². The van der Waals surface area contributed by atoms with Crippen molar-refractivity contribution < 1.29 is 9.53 Å². The number of esters is 1. The van der Waals surface area contributed by atoms with Crippen LogP contribution >= 0.6 is 15.9 Å². The Morgan fingerprint density at radius 2 is 1.76 bits per heavy atom. The molecule has 0 radical (unpaired) electrons. The molecule has 2 aromatic carbocycles. The summed E-state index contributed by atoms with van der Waals surface area (Å²) in [6, 6.07) is 13.6. The average molecular weight is 293 g/mol. The fourth-order valence-electron chi connectivity index (χ4n) is 1.46. The minimum absolute atomic E-state index is 0.298. The average Bonchev–Trinajstić information content (AvgIpc) is 2.27. The number of rotatable bonds is 2. The van der Waals surface area contributed by atoms with Gasteiger partial charge in [-0.3, -0.25) is 4.79 Å². The predicted octanol–water partition coefficient (Wildman–Crippen LogP) is 3.92. The van der Waals surface area contributed by atoms with Gasteiger partial charge < -0.3 is 4.74 Å². The predicted molar refractivity (Wildman–Crippen MR) is 72.6 cm³/mol. The van der Waals surface area contributed by atoms with Crippen LogP contribution in [0.25, 0.3) is 10.8 Å². The fourth-order valence-corrected chi connectivity index (χ4v) is 1.54. The van der Waals surface area contributed by atoms with Gasteiger partial charge in [-0.2, -0.15) is 0 Å². The Bertz CT molecular complexity index is 555. The zero-order valence-electron chi connectivity index (χ0n) is 9.74. The minimum atomic E-state index is -0.668. The molecule has 0 heterocycles. The fraction of sp³-hybridized carbons (Fsp3) is 0.214. The highest BCUT2D eigenvalue weighted by Gasteiger charge is 2.25. The molecule has 88 valence electrons. The maximum atomic E-state index is 11.7. The van der Waals surface area contributed by atoms with Gasteiger partial charge in [0.25, 0.3) is 0 Å². The van der Waals surface area contributed by atoms with Crippen molar-refractivity contribution in [1.29, 1.82) is 0 Å². The quantitative estimate of drug-likeness (QED) is 0.476. The van der Waals surface area contributed by atoms with Crippen molar-refractivity contribution in [3.63, 3.8) is 0 Å². The van der Waals surface area contributed by atoms with Gasteiger partial charge in [0.2, 0.25) is 0 Å². The molecular formula is C14H13BrO2. The van der Waals surface area contributed by atoms with Gasteiger partial charge in [0.15, 0.2) is 0 Å². The van der Waals surface area contributed by atoms with E-state index in [0.717, 1.165) is 10.8 Å². The molecule has 0 N–H and O–H groups in total. The van der Waals surface area contributed by atoms with Crippen LogP contribution in [-0.4, -0.2) is 10.3 Å². The molecule has 0 aliphatic rings. The summed E-state index contributed by atoms with van der Waals surface area (Å²) in [4.78, 5) is 11.7. The van der Waals surface area contributed by atoms with Gasteiger partial charge >= 0.3 is 5.97 Å². The lowest BCUT2D eigenvalue weighted by atomic mass is 10.1. The second-order valence-corrected chi connectivity index (χ2v) is 6.35. The molecule has 0 aliphatic heterocycles. The summed E-state index contributed by atoms with van der Waals surface area (Å²) >= 11 is 3.28. The Morgan fingerprint density at radius 1 is 1.12 bits per heavy atom. The van der Waals surface area contributed by atoms with Crippen LogP contribution < -0.4 is 4.74 Å². The summed E-state index contributed by atoms with van der Waals surface area (Å²) < 4.78 is 4.63. The highest BCUT2D eigenvalue weighted by Crippen LogP contribution is 2.24. The summed E-state index contributed by atoms with van der Waals surface area (Å²) in [5.41, 5.74) is 0. The molecular weight excluding hydrogens is 280 g/mol. The van der Waals surface area contributed by atoms with E-state index in [1.54, 1.807) is 19.9 Å². The van der Waals surface area contributed by atoms with Crippen LogP contribution in [0.3, 0.4) is 0 Å². The first-order valence-corrected chi connectivity index (χ1v) is 6.16. The van der Waals surface area contributed by atoms with E-state index < -0.39 is 4.32 Å². The minimum Gasteiger partial charge on any atom is -0.425 e. The maximum absolute atomic E-state index is 11.7. The van der Waals surface area contributed by atoms with E-state index in [0.29, 0.717) is 5.75 Å². The largest absolute Gasteiger partial charge is 0.425 e. The summed E-state index contributed by atoms with van der Waals surface area (Å²) in [6.07, 6.45) is 0. The smallest absolute Gasteiger partial charge is 0.327 e. The van der Waals surface area contributed by atoms with Crippen molar-refractivity contribution in [2.24, 2.45) is 0 Å². The number of ether oxygens (including phenoxy) is 1. The topological polar surface area (TPSA) is 26.3 Å². The van der Waals surface area contributed by atoms with Crippen LogP contribution in [0, 0.1) is 0 Å². The monoisotopic (exact) mass is 292 g/mol. The van der Waals surface area contributed by atoms with Gasteiger partial charge in [0.1, 0.15) is 10.1 Å². The summed E-state index contributed by atoms with van der Waals surface area (Å²) in [5.74, 6) is 0.272. The number of carbonyl (C=O) groups excluding carboxylic acids is 1. The molecule has 0 saturated carbocycles. The summed E-state index contributed by atoms with van der Waals surface area (Å²) in [7, 11) is 0. The number of halogens is 1. The second-order valence-electron chi connectivity index (χ2n) is 4.37. The van der Waals surface area contributed by atoms with Crippen LogP contribution in [0.1, 0.15) is 13.8 Å². The Balaban J connectivity index is 2.29. The van der Waals surface area contributed by atoms with Crippen LogP contribution in [0.15, 0.2) is 42.5 Å². The van der Waals surface area contributed by atoms with E-state index >= 15 is 0 Å². The lowest BCUT2D eigenvalue weighted by molar-refractivity contribution is -0.136. The number of hydrogen-bond acceptors (Lipinski definition) is 2. The number of benzene rings is 2. The Hall–Kier alpha value is -1.35. The Morgan fingerprint density at radius 3 is 2.41 bits per heavy atom. The van der Waals surface area contributed by atoms with E-state index in [1.807, 2.05) is 36.4 Å². The lowest BCUT2D eigenvalue weighted by Crippen LogP contribution is -2.29. The highest BCUT2D eigenvalue weighted by atomic mass is 79.9. The zero-order chi connectivity index (χ0) is 12.5. The number of hydrogen-bond donors (Lipinski definition) is 0. The van der Waals surface area contributed by atoms with Crippen LogP contribution in [0.2, 0.25) is 0 Å². The van der Waals surface area contributed by atoms with E-state index in [1.165, 1.54) is 0 Å². The van der Waals surface area contributed by atoms with Gasteiger partial charge in [0.05, 0.1) is 0 Å². The molecule has 0 amide bonds. The van der Waals surface area contributed by atoms with Crippen molar-refractivity contribution in [2.45, 2.75) is 18.2 Å². The molecule has 0 bridgehead atoms. The zero-order valence-corrected chi connectivity index (χ0v) is 11.3. The van der Waals surface area contributed by atoms with Crippen molar-refractivity contribution in [3.05, 3.63) is 42.5 Å². The normalized spacial score (nSPS) is 11.5. The van der Waals surface area contributed by atoms with Crippen molar-refractivity contribution in [2.75, 3.05) is 0 Å². The lowest BCUT2D eigenvalue weighted by Gasteiger charge is -2.14. The Kier molecular flexibility index (Phi) is 3.20. The molecule has 0 saturated heterocycles. The third-order valence-corrected chi connectivity index (χ3v) is 2.74. The molecule has 0 unspecified atom stereocenters. The van der Waals surface area contributed by atoms with Gasteiger partial charge in [-0.05, 0) is 36.8 Å². The van der Waals surface area contributed by atoms with Gasteiger partial charge in [0, 0.05) is 0 Å². The molecule has 0 fully saturated rings. The maximum Gasteiger partial charge on any atom is 0.327 e. The Labute approximate surface area is 109 Å². The second kappa shape index (κ2) is 4.49. The number of alkyl halides is 1. The van der Waals surface area contributed by atoms with Gasteiger partial charge in [-0.25, -0.2) is 0 Å². The van der Waals surface area contributed by atoms with E-state index in [4.69, 9.17) is 4.74 Å². The third-order valence-electron chi connectivity index (χ3n) is 2.42. The standard InChI is InChI=1S/C14H13BrO2/c1-14(2,15)13(16)17-12-8-7-10-5-3-4-6-11(10)9-12/h3-9H,1-2H3. The first kappa shape index (κ1) is 12.1. The van der Waals surface area contributed by atoms with Crippen molar-refractivity contribution >= 4 is 32.7 Å². The molecule has 2 aromatic rings.